The average molecular weight is 369 g/mol. The first kappa shape index (κ1) is 16.7. The summed E-state index contributed by atoms with van der Waals surface area (Å²) in [5, 5.41) is 0.963. The number of fused-ring (bicyclic) bond motifs is 1. The van der Waals surface area contributed by atoms with Gasteiger partial charge >= 0.3 is 0 Å². The molecule has 1 unspecified atom stereocenters. The van der Waals surface area contributed by atoms with Crippen molar-refractivity contribution < 1.29 is 9.21 Å². The summed E-state index contributed by atoms with van der Waals surface area (Å²) >= 11 is 0. The lowest BCUT2D eigenvalue weighted by atomic mass is 9.99. The summed E-state index contributed by atoms with van der Waals surface area (Å²) in [6.45, 7) is 0. The second-order valence-electron chi connectivity index (χ2n) is 7.12. The maximum Gasteiger partial charge on any atom is 0.230 e. The molecule has 0 aliphatic heterocycles. The second-order valence-corrected chi connectivity index (χ2v) is 7.12. The number of para-hydroxylation sites is 1. The second kappa shape index (κ2) is 6.60. The lowest BCUT2D eigenvalue weighted by Crippen LogP contribution is -2.04. The van der Waals surface area contributed by atoms with E-state index in [1.54, 1.807) is 0 Å². The molecule has 5 rings (SSSR count). The quantitative estimate of drug-likeness (QED) is 0.551. The molecule has 1 fully saturated rings. The molecular formula is C23H19N3O2. The van der Waals surface area contributed by atoms with E-state index in [4.69, 9.17) is 15.1 Å². The van der Waals surface area contributed by atoms with Gasteiger partial charge in [0.05, 0.1) is 17.0 Å². The molecule has 1 saturated carbocycles. The van der Waals surface area contributed by atoms with E-state index in [1.165, 1.54) is 0 Å². The van der Waals surface area contributed by atoms with E-state index in [0.29, 0.717) is 35.1 Å². The molecule has 1 aliphatic rings. The van der Waals surface area contributed by atoms with Gasteiger partial charge in [-0.05, 0) is 25.0 Å². The fourth-order valence-corrected chi connectivity index (χ4v) is 3.88. The van der Waals surface area contributed by atoms with Crippen molar-refractivity contribution in [2.75, 3.05) is 5.73 Å². The zero-order valence-corrected chi connectivity index (χ0v) is 15.3. The fraction of sp³-hybridized carbons (Fsp3) is 0.174. The molecule has 0 amide bonds. The summed E-state index contributed by atoms with van der Waals surface area (Å²) in [5.41, 5.74) is 9.33. The number of hydrogen-bond acceptors (Lipinski definition) is 5. The zero-order chi connectivity index (χ0) is 19.1. The normalized spacial score (nSPS) is 16.7. The molecule has 0 radical (unpaired) electrons. The van der Waals surface area contributed by atoms with Gasteiger partial charge in [-0.2, -0.15) is 0 Å². The first-order valence-corrected chi connectivity index (χ1v) is 9.45. The van der Waals surface area contributed by atoms with Crippen LogP contribution >= 0.6 is 0 Å². The number of hydrogen-bond donors (Lipinski definition) is 1. The minimum absolute atomic E-state index is 0.212. The molecule has 0 saturated heterocycles. The van der Waals surface area contributed by atoms with Crippen LogP contribution in [-0.2, 0) is 4.79 Å². The minimum Gasteiger partial charge on any atom is -0.440 e. The van der Waals surface area contributed by atoms with Gasteiger partial charge in [0, 0.05) is 17.4 Å². The van der Waals surface area contributed by atoms with Gasteiger partial charge in [0.15, 0.2) is 0 Å². The first-order chi connectivity index (χ1) is 13.7. The van der Waals surface area contributed by atoms with Gasteiger partial charge in [0.2, 0.25) is 5.89 Å². The Hall–Kier alpha value is -3.47. The highest BCUT2D eigenvalue weighted by Gasteiger charge is 2.33. The number of carbonyl (C=O) groups excluding carboxylic acids is 1. The number of rotatable bonds is 3. The molecule has 0 bridgehead atoms. The monoisotopic (exact) mass is 369 g/mol. The standard InChI is InChI=1S/C23H19N3O2/c24-22-17(13-15-9-4-5-11-18(15)25-22)23-26-20(14-7-2-1-3-8-14)21(28-23)16-10-6-12-19(16)27/h1-5,7-9,11,13,16H,6,10,12H2,(H2,24,25). The van der Waals surface area contributed by atoms with E-state index in [-0.39, 0.29) is 11.7 Å². The van der Waals surface area contributed by atoms with Crippen molar-refractivity contribution in [3.8, 4) is 22.7 Å². The van der Waals surface area contributed by atoms with Crippen LogP contribution in [-0.4, -0.2) is 15.8 Å². The van der Waals surface area contributed by atoms with Gasteiger partial charge in [-0.15, -0.1) is 0 Å². The predicted molar refractivity (Wildman–Crippen MR) is 109 cm³/mol. The van der Waals surface area contributed by atoms with Crippen molar-refractivity contribution in [1.29, 1.82) is 0 Å². The maximum absolute atomic E-state index is 12.4. The number of pyridine rings is 1. The van der Waals surface area contributed by atoms with Crippen molar-refractivity contribution in [1.82, 2.24) is 9.97 Å². The number of Topliss-reactive ketones (excluding diaryl/α,β-unsaturated/α-hetero) is 1. The van der Waals surface area contributed by atoms with E-state index in [1.807, 2.05) is 60.7 Å². The Kier molecular flexibility index (Phi) is 3.93. The SMILES string of the molecule is Nc1nc2ccccc2cc1-c1nc(-c2ccccc2)c(C2CCCC2=O)o1. The Bertz CT molecular complexity index is 1180. The molecule has 2 aromatic carbocycles. The van der Waals surface area contributed by atoms with Gasteiger partial charge in [0.1, 0.15) is 23.1 Å². The lowest BCUT2D eigenvalue weighted by molar-refractivity contribution is -0.118. The topological polar surface area (TPSA) is 82.0 Å². The van der Waals surface area contributed by atoms with Crippen molar-refractivity contribution in [2.45, 2.75) is 25.2 Å². The van der Waals surface area contributed by atoms with Gasteiger partial charge in [-0.25, -0.2) is 9.97 Å². The number of anilines is 1. The maximum atomic E-state index is 12.4. The smallest absolute Gasteiger partial charge is 0.230 e. The first-order valence-electron chi connectivity index (χ1n) is 9.45. The summed E-state index contributed by atoms with van der Waals surface area (Å²) < 4.78 is 6.19. The highest BCUT2D eigenvalue weighted by atomic mass is 16.4. The van der Waals surface area contributed by atoms with Crippen LogP contribution in [0.2, 0.25) is 0 Å². The third-order valence-corrected chi connectivity index (χ3v) is 5.31. The van der Waals surface area contributed by atoms with E-state index in [9.17, 15) is 4.79 Å². The Balaban J connectivity index is 1.70. The summed E-state index contributed by atoms with van der Waals surface area (Å²) in [6.07, 6.45) is 2.26. The van der Waals surface area contributed by atoms with Crippen molar-refractivity contribution in [3.63, 3.8) is 0 Å². The minimum atomic E-state index is -0.244. The summed E-state index contributed by atoms with van der Waals surface area (Å²) in [6, 6.07) is 19.5. The number of oxazole rings is 1. The molecule has 2 aromatic heterocycles. The van der Waals surface area contributed by atoms with Crippen LogP contribution in [0.4, 0.5) is 5.82 Å². The van der Waals surface area contributed by atoms with E-state index >= 15 is 0 Å². The number of nitrogens with zero attached hydrogens (tertiary/aromatic N) is 2. The third kappa shape index (κ3) is 2.76. The highest BCUT2D eigenvalue weighted by Crippen LogP contribution is 2.40. The van der Waals surface area contributed by atoms with Crippen LogP contribution in [0.5, 0.6) is 0 Å². The van der Waals surface area contributed by atoms with Crippen LogP contribution in [0.1, 0.15) is 30.9 Å². The predicted octanol–water partition coefficient (Wildman–Crippen LogP) is 4.98. The number of carbonyl (C=O) groups is 1. The molecular weight excluding hydrogens is 350 g/mol. The summed E-state index contributed by atoms with van der Waals surface area (Å²) in [7, 11) is 0. The fourth-order valence-electron chi connectivity index (χ4n) is 3.88. The number of nitrogen functional groups attached to an aromatic ring is 1. The number of benzene rings is 2. The van der Waals surface area contributed by atoms with E-state index in [0.717, 1.165) is 29.3 Å². The molecule has 0 spiro atoms. The molecule has 28 heavy (non-hydrogen) atoms. The average Bonchev–Trinajstić information content (AvgIpc) is 3.34. The molecule has 138 valence electrons. The Morgan fingerprint density at radius 1 is 1.00 bits per heavy atom. The van der Waals surface area contributed by atoms with Gasteiger partial charge in [-0.1, -0.05) is 48.5 Å². The van der Waals surface area contributed by atoms with Gasteiger partial charge < -0.3 is 10.2 Å². The van der Waals surface area contributed by atoms with Crippen molar-refractivity contribution in [2.24, 2.45) is 0 Å². The molecule has 5 heteroatoms. The van der Waals surface area contributed by atoms with Gasteiger partial charge in [-0.3, -0.25) is 4.79 Å². The van der Waals surface area contributed by atoms with E-state index in [2.05, 4.69) is 4.98 Å². The molecule has 1 aliphatic carbocycles. The largest absolute Gasteiger partial charge is 0.440 e. The van der Waals surface area contributed by atoms with Crippen LogP contribution in [0.25, 0.3) is 33.6 Å². The zero-order valence-electron chi connectivity index (χ0n) is 15.3. The highest BCUT2D eigenvalue weighted by molar-refractivity contribution is 5.90. The Morgan fingerprint density at radius 3 is 2.57 bits per heavy atom. The molecule has 1 atom stereocenters. The Morgan fingerprint density at radius 2 is 1.79 bits per heavy atom. The van der Waals surface area contributed by atoms with E-state index < -0.39 is 0 Å². The van der Waals surface area contributed by atoms with Crippen molar-refractivity contribution in [3.05, 3.63) is 66.4 Å². The summed E-state index contributed by atoms with van der Waals surface area (Å²) in [5.74, 6) is 1.38. The number of nitrogens with two attached hydrogens (primary N) is 1. The van der Waals surface area contributed by atoms with Crippen LogP contribution < -0.4 is 5.73 Å². The molecule has 2 N–H and O–H groups in total. The lowest BCUT2D eigenvalue weighted by Gasteiger charge is -2.06. The molecule has 5 nitrogen and oxygen atoms in total. The summed E-state index contributed by atoms with van der Waals surface area (Å²) in [4.78, 5) is 21.7. The Labute approximate surface area is 162 Å². The van der Waals surface area contributed by atoms with Gasteiger partial charge in [0.25, 0.3) is 0 Å². The van der Waals surface area contributed by atoms with Crippen LogP contribution in [0.15, 0.2) is 65.1 Å². The van der Waals surface area contributed by atoms with Crippen molar-refractivity contribution >= 4 is 22.5 Å². The molecule has 4 aromatic rings. The number of ketones is 1. The third-order valence-electron chi connectivity index (χ3n) is 5.31. The molecule has 2 heterocycles. The number of aromatic nitrogens is 2. The van der Waals surface area contributed by atoms with Crippen LogP contribution in [0.3, 0.4) is 0 Å². The van der Waals surface area contributed by atoms with Crippen LogP contribution in [0, 0.1) is 0 Å².